The topological polar surface area (TPSA) is 80.5 Å². The maximum atomic E-state index is 12.7. The molecule has 1 heterocycles. The smallest absolute Gasteiger partial charge is 0.254 e. The van der Waals surface area contributed by atoms with E-state index in [1.165, 1.54) is 12.1 Å². The number of nitrogens with two attached hydrogens (primary N) is 1. The molecule has 1 amide bonds. The maximum absolute atomic E-state index is 12.7. The first kappa shape index (κ1) is 15.8. The second-order valence-electron chi connectivity index (χ2n) is 5.90. The quantitative estimate of drug-likeness (QED) is 0.848. The van der Waals surface area contributed by atoms with Gasteiger partial charge in [-0.15, -0.1) is 0 Å². The Morgan fingerprint density at radius 2 is 1.76 bits per heavy atom. The standard InChI is InChI=1S/C15H22N2O3S/c1-10-5-4-6-11(2)17(10)15(18)12-7-13(16)9-14(8-12)21(3,19)20/h7-11H,4-6,16H2,1-3H3. The van der Waals surface area contributed by atoms with E-state index in [-0.39, 0.29) is 22.9 Å². The average molecular weight is 310 g/mol. The summed E-state index contributed by atoms with van der Waals surface area (Å²) in [5.41, 5.74) is 6.39. The summed E-state index contributed by atoms with van der Waals surface area (Å²) in [6.07, 6.45) is 4.16. The molecule has 0 spiro atoms. The van der Waals surface area contributed by atoms with Crippen molar-refractivity contribution in [3.63, 3.8) is 0 Å². The van der Waals surface area contributed by atoms with Crippen LogP contribution in [0.5, 0.6) is 0 Å². The summed E-state index contributed by atoms with van der Waals surface area (Å²) in [6, 6.07) is 4.66. The normalized spacial score (nSPS) is 23.1. The van der Waals surface area contributed by atoms with Crippen LogP contribution in [0.2, 0.25) is 0 Å². The molecule has 1 aromatic carbocycles. The lowest BCUT2D eigenvalue weighted by Crippen LogP contribution is -2.47. The molecule has 1 saturated heterocycles. The van der Waals surface area contributed by atoms with Gasteiger partial charge in [0.2, 0.25) is 0 Å². The van der Waals surface area contributed by atoms with E-state index in [0.717, 1.165) is 25.5 Å². The monoisotopic (exact) mass is 310 g/mol. The number of amides is 1. The van der Waals surface area contributed by atoms with Gasteiger partial charge in [0.25, 0.3) is 5.91 Å². The third kappa shape index (κ3) is 3.37. The highest BCUT2D eigenvalue weighted by molar-refractivity contribution is 7.90. The van der Waals surface area contributed by atoms with Crippen molar-refractivity contribution in [2.24, 2.45) is 0 Å². The van der Waals surface area contributed by atoms with Gasteiger partial charge in [0.15, 0.2) is 9.84 Å². The molecule has 5 nitrogen and oxygen atoms in total. The van der Waals surface area contributed by atoms with Crippen molar-refractivity contribution in [1.29, 1.82) is 0 Å². The molecule has 2 rings (SSSR count). The first-order valence-corrected chi connectivity index (χ1v) is 9.02. The van der Waals surface area contributed by atoms with Crippen molar-refractivity contribution in [1.82, 2.24) is 4.90 Å². The van der Waals surface area contributed by atoms with Crippen LogP contribution in [0.1, 0.15) is 43.5 Å². The molecule has 1 fully saturated rings. The Hall–Kier alpha value is -1.56. The molecular formula is C15H22N2O3S. The largest absolute Gasteiger partial charge is 0.399 e. The second-order valence-corrected chi connectivity index (χ2v) is 7.92. The van der Waals surface area contributed by atoms with Gasteiger partial charge < -0.3 is 10.6 Å². The summed E-state index contributed by atoms with van der Waals surface area (Å²) in [7, 11) is -3.39. The van der Waals surface area contributed by atoms with Crippen LogP contribution >= 0.6 is 0 Å². The second kappa shape index (κ2) is 5.67. The zero-order chi connectivity index (χ0) is 15.8. The summed E-state index contributed by atoms with van der Waals surface area (Å²) in [5, 5.41) is 0. The van der Waals surface area contributed by atoms with Crippen molar-refractivity contribution < 1.29 is 13.2 Å². The first-order valence-electron chi connectivity index (χ1n) is 7.13. The van der Waals surface area contributed by atoms with Gasteiger partial charge in [-0.3, -0.25) is 4.79 Å². The van der Waals surface area contributed by atoms with E-state index < -0.39 is 9.84 Å². The molecule has 0 radical (unpaired) electrons. The fraction of sp³-hybridized carbons (Fsp3) is 0.533. The number of nitrogen functional groups attached to an aromatic ring is 1. The summed E-state index contributed by atoms with van der Waals surface area (Å²) in [6.45, 7) is 4.05. The van der Waals surface area contributed by atoms with Crippen LogP contribution in [0.3, 0.4) is 0 Å². The Morgan fingerprint density at radius 3 is 2.29 bits per heavy atom. The Balaban J connectivity index is 2.41. The molecule has 116 valence electrons. The van der Waals surface area contributed by atoms with Crippen LogP contribution in [0.15, 0.2) is 23.1 Å². The first-order chi connectivity index (χ1) is 9.70. The molecule has 0 bridgehead atoms. The van der Waals surface area contributed by atoms with Gasteiger partial charge in [-0.05, 0) is 51.3 Å². The van der Waals surface area contributed by atoms with E-state index in [1.54, 1.807) is 6.07 Å². The van der Waals surface area contributed by atoms with E-state index in [2.05, 4.69) is 0 Å². The minimum atomic E-state index is -3.39. The van der Waals surface area contributed by atoms with Gasteiger partial charge in [0.05, 0.1) is 4.90 Å². The molecule has 2 unspecified atom stereocenters. The van der Waals surface area contributed by atoms with E-state index in [4.69, 9.17) is 5.73 Å². The van der Waals surface area contributed by atoms with Crippen LogP contribution in [-0.4, -0.2) is 37.6 Å². The summed E-state index contributed by atoms with van der Waals surface area (Å²) in [4.78, 5) is 14.7. The SMILES string of the molecule is CC1CCCC(C)N1C(=O)c1cc(N)cc(S(C)(=O)=O)c1. The van der Waals surface area contributed by atoms with Gasteiger partial charge in [0, 0.05) is 29.6 Å². The number of benzene rings is 1. The number of carbonyl (C=O) groups is 1. The number of piperidine rings is 1. The fourth-order valence-corrected chi connectivity index (χ4v) is 3.62. The Bertz CT molecular complexity index is 645. The van der Waals surface area contributed by atoms with Crippen molar-refractivity contribution >= 4 is 21.4 Å². The Labute approximate surface area is 126 Å². The van der Waals surface area contributed by atoms with E-state index in [1.807, 2.05) is 18.7 Å². The average Bonchev–Trinajstić information content (AvgIpc) is 2.36. The van der Waals surface area contributed by atoms with Crippen LogP contribution in [0, 0.1) is 0 Å². The summed E-state index contributed by atoms with van der Waals surface area (Å²) < 4.78 is 23.4. The van der Waals surface area contributed by atoms with Crippen LogP contribution in [0.25, 0.3) is 0 Å². The highest BCUT2D eigenvalue weighted by atomic mass is 32.2. The van der Waals surface area contributed by atoms with Crippen molar-refractivity contribution in [3.8, 4) is 0 Å². The molecule has 1 aromatic rings. The highest BCUT2D eigenvalue weighted by Gasteiger charge is 2.30. The molecular weight excluding hydrogens is 288 g/mol. The Kier molecular flexibility index (Phi) is 4.27. The number of rotatable bonds is 2. The summed E-state index contributed by atoms with van der Waals surface area (Å²) >= 11 is 0. The van der Waals surface area contributed by atoms with Crippen molar-refractivity contribution in [2.45, 2.75) is 50.1 Å². The van der Waals surface area contributed by atoms with E-state index in [9.17, 15) is 13.2 Å². The number of carbonyl (C=O) groups excluding carboxylic acids is 1. The van der Waals surface area contributed by atoms with Crippen LogP contribution in [-0.2, 0) is 9.84 Å². The minimum Gasteiger partial charge on any atom is -0.399 e. The van der Waals surface area contributed by atoms with E-state index >= 15 is 0 Å². The summed E-state index contributed by atoms with van der Waals surface area (Å²) in [5.74, 6) is -0.146. The highest BCUT2D eigenvalue weighted by Crippen LogP contribution is 2.26. The van der Waals surface area contributed by atoms with Crippen molar-refractivity contribution in [2.75, 3.05) is 12.0 Å². The number of hydrogen-bond acceptors (Lipinski definition) is 4. The lowest BCUT2D eigenvalue weighted by molar-refractivity contribution is 0.0510. The van der Waals surface area contributed by atoms with Crippen molar-refractivity contribution in [3.05, 3.63) is 23.8 Å². The third-order valence-electron chi connectivity index (χ3n) is 4.03. The molecule has 21 heavy (non-hydrogen) atoms. The lowest BCUT2D eigenvalue weighted by Gasteiger charge is -2.39. The predicted molar refractivity (Wildman–Crippen MR) is 82.9 cm³/mol. The van der Waals surface area contributed by atoms with Gasteiger partial charge in [-0.25, -0.2) is 8.42 Å². The van der Waals surface area contributed by atoms with Crippen LogP contribution in [0.4, 0.5) is 5.69 Å². The van der Waals surface area contributed by atoms with Gasteiger partial charge in [0.1, 0.15) is 0 Å². The number of anilines is 1. The van der Waals surface area contributed by atoms with Gasteiger partial charge in [-0.1, -0.05) is 0 Å². The lowest BCUT2D eigenvalue weighted by atomic mass is 9.96. The number of likely N-dealkylation sites (tertiary alicyclic amines) is 1. The molecule has 1 aliphatic rings. The number of nitrogens with zero attached hydrogens (tertiary/aromatic N) is 1. The zero-order valence-corrected chi connectivity index (χ0v) is 13.5. The number of sulfone groups is 1. The third-order valence-corrected chi connectivity index (χ3v) is 5.12. The molecule has 0 aliphatic carbocycles. The molecule has 0 saturated carbocycles. The molecule has 2 atom stereocenters. The van der Waals surface area contributed by atoms with Gasteiger partial charge >= 0.3 is 0 Å². The molecule has 0 aromatic heterocycles. The fourth-order valence-electron chi connectivity index (χ4n) is 2.93. The molecule has 6 heteroatoms. The molecule has 2 N–H and O–H groups in total. The van der Waals surface area contributed by atoms with Gasteiger partial charge in [-0.2, -0.15) is 0 Å². The Morgan fingerprint density at radius 1 is 1.19 bits per heavy atom. The zero-order valence-electron chi connectivity index (χ0n) is 12.7. The predicted octanol–water partition coefficient (Wildman–Crippen LogP) is 2.08. The molecule has 1 aliphatic heterocycles. The minimum absolute atomic E-state index is 0.0863. The maximum Gasteiger partial charge on any atom is 0.254 e. The van der Waals surface area contributed by atoms with Crippen LogP contribution < -0.4 is 5.73 Å². The number of hydrogen-bond donors (Lipinski definition) is 1. The van der Waals surface area contributed by atoms with E-state index in [0.29, 0.717) is 11.3 Å².